The number of phenolic OH excluding ortho intramolecular Hbond substituents is 1. The van der Waals surface area contributed by atoms with E-state index >= 15 is 0 Å². The van der Waals surface area contributed by atoms with Gasteiger partial charge in [0.2, 0.25) is 5.78 Å². The van der Waals surface area contributed by atoms with Crippen LogP contribution < -0.4 is 11.1 Å². The topological polar surface area (TPSA) is 119 Å². The molecule has 1 aliphatic carbocycles. The number of phenols is 1. The number of carbonyl (C=O) groups is 3. The van der Waals surface area contributed by atoms with E-state index in [9.17, 15) is 19.5 Å². The minimum atomic E-state index is -0.528. The number of ketones is 2. The van der Waals surface area contributed by atoms with E-state index in [-0.39, 0.29) is 35.1 Å². The summed E-state index contributed by atoms with van der Waals surface area (Å²) in [5.41, 5.74) is 5.44. The number of ether oxygens (including phenoxy) is 1. The molecule has 1 amide bonds. The van der Waals surface area contributed by atoms with Gasteiger partial charge in [-0.2, -0.15) is 0 Å². The highest BCUT2D eigenvalue weighted by Gasteiger charge is 2.29. The van der Waals surface area contributed by atoms with Crippen LogP contribution in [-0.4, -0.2) is 42.3 Å². The first-order valence-electron chi connectivity index (χ1n) is 8.27. The molecule has 0 saturated heterocycles. The van der Waals surface area contributed by atoms with Gasteiger partial charge < -0.3 is 20.9 Å². The van der Waals surface area contributed by atoms with E-state index in [1.54, 1.807) is 0 Å². The second-order valence-corrected chi connectivity index (χ2v) is 5.74. The van der Waals surface area contributed by atoms with E-state index in [1.165, 1.54) is 18.2 Å². The first-order valence-corrected chi connectivity index (χ1v) is 8.27. The monoisotopic (exact) mass is 346 g/mol. The highest BCUT2D eigenvalue weighted by molar-refractivity contribution is 6.24. The zero-order chi connectivity index (χ0) is 18.2. The van der Waals surface area contributed by atoms with Crippen LogP contribution in [0, 0.1) is 0 Å². The Balaban J connectivity index is 1.83. The number of fused-ring (bicyclic) bond motifs is 1. The molecule has 0 saturated carbocycles. The minimum Gasteiger partial charge on any atom is -0.507 e. The van der Waals surface area contributed by atoms with Gasteiger partial charge in [0.05, 0.1) is 5.56 Å². The van der Waals surface area contributed by atoms with Gasteiger partial charge in [0.1, 0.15) is 5.75 Å². The smallest absolute Gasteiger partial charge is 0.257 e. The molecule has 0 radical (unpaired) electrons. The van der Waals surface area contributed by atoms with Gasteiger partial charge >= 0.3 is 0 Å². The molecule has 0 unspecified atom stereocenters. The lowest BCUT2D eigenvalue weighted by Gasteiger charge is -2.16. The maximum atomic E-state index is 12.3. The predicted octanol–water partition coefficient (Wildman–Crippen LogP) is 1.31. The molecule has 1 aromatic carbocycles. The number of unbranched alkanes of at least 4 members (excludes halogenated alkanes) is 3. The van der Waals surface area contributed by atoms with Gasteiger partial charge in [0, 0.05) is 18.2 Å². The Kier molecular flexibility index (Phi) is 6.71. The van der Waals surface area contributed by atoms with Crippen LogP contribution in [0.25, 0.3) is 0 Å². The van der Waals surface area contributed by atoms with Crippen molar-refractivity contribution in [1.82, 2.24) is 5.32 Å². The fourth-order valence-electron chi connectivity index (χ4n) is 2.53. The van der Waals surface area contributed by atoms with Crippen molar-refractivity contribution >= 4 is 17.5 Å². The van der Waals surface area contributed by atoms with Crippen LogP contribution in [0.3, 0.4) is 0 Å². The standard InChI is InChI=1S/C18H22N2O5/c19-8-3-1-2-4-9-20-16(23)11-25-15-10-14(22)17-12(18(15)24)6-5-7-13(17)21/h5-7,10,21H,1-4,8-9,11,19H2,(H,20,23). The van der Waals surface area contributed by atoms with Crippen molar-refractivity contribution in [1.29, 1.82) is 0 Å². The summed E-state index contributed by atoms with van der Waals surface area (Å²) in [5.74, 6) is -1.86. The molecule has 7 nitrogen and oxygen atoms in total. The van der Waals surface area contributed by atoms with Crippen molar-refractivity contribution in [2.45, 2.75) is 25.7 Å². The molecule has 0 spiro atoms. The number of carbonyl (C=O) groups excluding carboxylic acids is 3. The number of nitrogens with two attached hydrogens (primary N) is 1. The molecule has 25 heavy (non-hydrogen) atoms. The van der Waals surface area contributed by atoms with Crippen LogP contribution >= 0.6 is 0 Å². The summed E-state index contributed by atoms with van der Waals surface area (Å²) in [6, 6.07) is 4.25. The van der Waals surface area contributed by atoms with Gasteiger partial charge in [-0.1, -0.05) is 18.9 Å². The van der Waals surface area contributed by atoms with Gasteiger partial charge in [-0.15, -0.1) is 0 Å². The molecule has 0 atom stereocenters. The maximum absolute atomic E-state index is 12.3. The van der Waals surface area contributed by atoms with Crippen LogP contribution in [0.5, 0.6) is 5.75 Å². The third-order valence-corrected chi connectivity index (χ3v) is 3.83. The average molecular weight is 346 g/mol. The summed E-state index contributed by atoms with van der Waals surface area (Å²) in [4.78, 5) is 36.1. The van der Waals surface area contributed by atoms with Crippen LogP contribution in [-0.2, 0) is 9.53 Å². The molecule has 0 aliphatic heterocycles. The Morgan fingerprint density at radius 3 is 2.68 bits per heavy atom. The minimum absolute atomic E-state index is 0.0400. The molecule has 1 aromatic rings. The maximum Gasteiger partial charge on any atom is 0.257 e. The number of Topliss-reactive ketones (excluding diaryl/α,β-unsaturated/α-hetero) is 1. The van der Waals surface area contributed by atoms with Crippen molar-refractivity contribution in [3.05, 3.63) is 41.2 Å². The summed E-state index contributed by atoms with van der Waals surface area (Å²) in [6.07, 6.45) is 4.83. The molecule has 0 aromatic heterocycles. The number of nitrogens with one attached hydrogen (secondary N) is 1. The summed E-state index contributed by atoms with van der Waals surface area (Å²) >= 11 is 0. The number of aromatic hydroxyl groups is 1. The predicted molar refractivity (Wildman–Crippen MR) is 91.3 cm³/mol. The number of hydrogen-bond acceptors (Lipinski definition) is 6. The Morgan fingerprint density at radius 1 is 1.16 bits per heavy atom. The molecule has 4 N–H and O–H groups in total. The van der Waals surface area contributed by atoms with Crippen molar-refractivity contribution in [2.75, 3.05) is 19.7 Å². The lowest BCUT2D eigenvalue weighted by molar-refractivity contribution is -0.124. The fourth-order valence-corrected chi connectivity index (χ4v) is 2.53. The molecule has 0 fully saturated rings. The van der Waals surface area contributed by atoms with Crippen molar-refractivity contribution in [3.8, 4) is 5.75 Å². The molecule has 2 rings (SSSR count). The average Bonchev–Trinajstić information content (AvgIpc) is 2.59. The van der Waals surface area contributed by atoms with E-state index in [1.807, 2.05) is 0 Å². The zero-order valence-corrected chi connectivity index (χ0v) is 13.9. The number of benzene rings is 1. The second-order valence-electron chi connectivity index (χ2n) is 5.74. The molecule has 0 bridgehead atoms. The number of allylic oxidation sites excluding steroid dienone is 2. The molecule has 0 heterocycles. The quantitative estimate of drug-likeness (QED) is 0.580. The van der Waals surface area contributed by atoms with Gasteiger partial charge in [-0.3, -0.25) is 14.4 Å². The van der Waals surface area contributed by atoms with E-state index in [0.29, 0.717) is 13.1 Å². The summed E-state index contributed by atoms with van der Waals surface area (Å²) in [5, 5.41) is 12.4. The number of rotatable bonds is 9. The Bertz CT molecular complexity index is 697. The fraction of sp³-hybridized carbons (Fsp3) is 0.389. The van der Waals surface area contributed by atoms with E-state index in [2.05, 4.69) is 5.32 Å². The zero-order valence-electron chi connectivity index (χ0n) is 13.9. The lowest BCUT2D eigenvalue weighted by Crippen LogP contribution is -2.29. The number of amides is 1. The van der Waals surface area contributed by atoms with Crippen molar-refractivity contribution < 1.29 is 24.2 Å². The van der Waals surface area contributed by atoms with Gasteiger partial charge in [-0.25, -0.2) is 0 Å². The molecule has 1 aliphatic rings. The van der Waals surface area contributed by atoms with Crippen molar-refractivity contribution in [2.24, 2.45) is 5.73 Å². The third-order valence-electron chi connectivity index (χ3n) is 3.83. The SMILES string of the molecule is NCCCCCCNC(=O)COC1=CC(=O)c2c(O)cccc2C1=O. The van der Waals surface area contributed by atoms with Crippen molar-refractivity contribution in [3.63, 3.8) is 0 Å². The normalized spacial score (nSPS) is 13.2. The van der Waals surface area contributed by atoms with E-state index in [4.69, 9.17) is 10.5 Å². The molecule has 7 heteroatoms. The van der Waals surface area contributed by atoms with Crippen LogP contribution in [0.15, 0.2) is 30.0 Å². The second kappa shape index (κ2) is 8.98. The van der Waals surface area contributed by atoms with Crippen LogP contribution in [0.2, 0.25) is 0 Å². The Hall–Kier alpha value is -2.67. The van der Waals surface area contributed by atoms with Gasteiger partial charge in [0.15, 0.2) is 18.1 Å². The summed E-state index contributed by atoms with van der Waals surface area (Å²) in [6.45, 7) is 0.847. The van der Waals surface area contributed by atoms with E-state index in [0.717, 1.165) is 31.8 Å². The van der Waals surface area contributed by atoms with Gasteiger partial charge in [0.25, 0.3) is 5.91 Å². The summed E-state index contributed by atoms with van der Waals surface area (Å²) in [7, 11) is 0. The van der Waals surface area contributed by atoms with Gasteiger partial charge in [-0.05, 0) is 31.5 Å². The lowest BCUT2D eigenvalue weighted by atomic mass is 9.93. The Morgan fingerprint density at radius 2 is 1.92 bits per heavy atom. The van der Waals surface area contributed by atoms with Crippen LogP contribution in [0.1, 0.15) is 46.4 Å². The highest BCUT2D eigenvalue weighted by atomic mass is 16.5. The summed E-state index contributed by atoms with van der Waals surface area (Å²) < 4.78 is 5.20. The first-order chi connectivity index (χ1) is 12.0. The van der Waals surface area contributed by atoms with Crippen LogP contribution in [0.4, 0.5) is 0 Å². The third kappa shape index (κ3) is 4.90. The molecular formula is C18H22N2O5. The van der Waals surface area contributed by atoms with E-state index < -0.39 is 11.6 Å². The first kappa shape index (κ1) is 18.7. The number of hydrogen-bond donors (Lipinski definition) is 3. The Labute approximate surface area is 145 Å². The highest BCUT2D eigenvalue weighted by Crippen LogP contribution is 2.28. The largest absolute Gasteiger partial charge is 0.507 e. The molecule has 134 valence electrons. The molecular weight excluding hydrogens is 324 g/mol.